The lowest BCUT2D eigenvalue weighted by molar-refractivity contribution is -0.121. The molecule has 8 nitrogen and oxygen atoms in total. The van der Waals surface area contributed by atoms with Crippen molar-refractivity contribution in [1.29, 1.82) is 0 Å². The Bertz CT molecular complexity index is 1220. The average Bonchev–Trinajstić information content (AvgIpc) is 3.40. The molecule has 4 aromatic rings. The molecule has 0 radical (unpaired) electrons. The van der Waals surface area contributed by atoms with Gasteiger partial charge in [-0.15, -0.1) is 0 Å². The number of benzene rings is 1. The van der Waals surface area contributed by atoms with Gasteiger partial charge in [-0.2, -0.15) is 4.37 Å². The number of nitrogens with zero attached hydrogens (tertiary/aromatic N) is 3. The fraction of sp³-hybridized carbons (Fsp3) is 0.158. The highest BCUT2D eigenvalue weighted by atomic mass is 32.1. The van der Waals surface area contributed by atoms with Crippen LogP contribution in [-0.4, -0.2) is 19.4 Å². The number of hydrogen-bond acceptors (Lipinski definition) is 6. The van der Waals surface area contributed by atoms with Gasteiger partial charge in [0.1, 0.15) is 12.3 Å². The molecule has 0 spiro atoms. The molecule has 0 bridgehead atoms. The van der Waals surface area contributed by atoms with Crippen LogP contribution in [0.4, 0.5) is 0 Å². The Balaban J connectivity index is 1.67. The molecule has 3 heterocycles. The highest BCUT2D eigenvalue weighted by Crippen LogP contribution is 2.10. The van der Waals surface area contributed by atoms with Crippen molar-refractivity contribution in [3.8, 4) is 0 Å². The van der Waals surface area contributed by atoms with Gasteiger partial charge >= 0.3 is 5.69 Å². The largest absolute Gasteiger partial charge is 0.467 e. The molecule has 0 aliphatic carbocycles. The summed E-state index contributed by atoms with van der Waals surface area (Å²) >= 11 is 1.07. The summed E-state index contributed by atoms with van der Waals surface area (Å²) in [5.41, 5.74) is 0.342. The van der Waals surface area contributed by atoms with Crippen LogP contribution < -0.4 is 16.6 Å². The fourth-order valence-corrected chi connectivity index (χ4v) is 3.56. The molecule has 0 atom stereocenters. The summed E-state index contributed by atoms with van der Waals surface area (Å²) in [4.78, 5) is 38.1. The van der Waals surface area contributed by atoms with E-state index in [2.05, 4.69) is 9.69 Å². The van der Waals surface area contributed by atoms with Gasteiger partial charge in [-0.25, -0.2) is 4.79 Å². The van der Waals surface area contributed by atoms with Crippen molar-refractivity contribution in [2.24, 2.45) is 0 Å². The standard InChI is InChI=1S/C19H16N4O4S/c24-16(20-9-14-7-4-8-27-14)11-22-15-12-28-21-17(15)18(25)23(19(22)26)10-13-5-2-1-3-6-13/h1-8,12H,9-11H2,(H,20,24). The molecule has 1 aromatic carbocycles. The topological polar surface area (TPSA) is 99.1 Å². The molecule has 0 fully saturated rings. The van der Waals surface area contributed by atoms with Crippen LogP contribution in [0, 0.1) is 0 Å². The molecule has 0 saturated carbocycles. The summed E-state index contributed by atoms with van der Waals surface area (Å²) in [5.74, 6) is 0.244. The minimum absolute atomic E-state index is 0.111. The first-order valence-corrected chi connectivity index (χ1v) is 9.38. The zero-order chi connectivity index (χ0) is 19.5. The summed E-state index contributed by atoms with van der Waals surface area (Å²) in [7, 11) is 0. The van der Waals surface area contributed by atoms with Crippen LogP contribution in [-0.2, 0) is 24.4 Å². The molecule has 0 aliphatic rings. The van der Waals surface area contributed by atoms with E-state index in [0.717, 1.165) is 21.7 Å². The number of carbonyl (C=O) groups excluding carboxylic acids is 1. The van der Waals surface area contributed by atoms with Crippen LogP contribution in [0.25, 0.3) is 11.0 Å². The van der Waals surface area contributed by atoms with E-state index in [1.807, 2.05) is 30.3 Å². The van der Waals surface area contributed by atoms with Gasteiger partial charge in [-0.05, 0) is 29.2 Å². The van der Waals surface area contributed by atoms with Crippen LogP contribution in [0.5, 0.6) is 0 Å². The molecule has 1 N–H and O–H groups in total. The molecule has 3 aromatic heterocycles. The van der Waals surface area contributed by atoms with Gasteiger partial charge in [-0.1, -0.05) is 30.3 Å². The van der Waals surface area contributed by atoms with Crippen molar-refractivity contribution >= 4 is 28.5 Å². The van der Waals surface area contributed by atoms with Crippen molar-refractivity contribution < 1.29 is 9.21 Å². The molecule has 28 heavy (non-hydrogen) atoms. The Labute approximate surface area is 162 Å². The number of fused-ring (bicyclic) bond motifs is 1. The van der Waals surface area contributed by atoms with Gasteiger partial charge in [0.2, 0.25) is 5.91 Å². The van der Waals surface area contributed by atoms with Crippen LogP contribution >= 0.6 is 11.5 Å². The van der Waals surface area contributed by atoms with Crippen molar-refractivity contribution in [1.82, 2.24) is 18.8 Å². The molecular formula is C19H16N4O4S. The number of rotatable bonds is 6. The van der Waals surface area contributed by atoms with Crippen LogP contribution in [0.3, 0.4) is 0 Å². The third-order valence-corrected chi connectivity index (χ3v) is 4.89. The summed E-state index contributed by atoms with van der Waals surface area (Å²) < 4.78 is 11.7. The highest BCUT2D eigenvalue weighted by molar-refractivity contribution is 7.04. The lowest BCUT2D eigenvalue weighted by atomic mass is 10.2. The number of hydrogen-bond donors (Lipinski definition) is 1. The monoisotopic (exact) mass is 396 g/mol. The Morgan fingerprint density at radius 1 is 1.11 bits per heavy atom. The lowest BCUT2D eigenvalue weighted by Crippen LogP contribution is -2.42. The van der Waals surface area contributed by atoms with Crippen molar-refractivity contribution in [3.05, 3.63) is 86.3 Å². The van der Waals surface area contributed by atoms with Gasteiger partial charge in [0.15, 0.2) is 5.52 Å². The molecule has 0 unspecified atom stereocenters. The Kier molecular flexibility index (Phi) is 4.90. The van der Waals surface area contributed by atoms with E-state index < -0.39 is 11.2 Å². The van der Waals surface area contributed by atoms with E-state index in [9.17, 15) is 14.4 Å². The third kappa shape index (κ3) is 3.52. The molecule has 4 rings (SSSR count). The minimum Gasteiger partial charge on any atom is -0.467 e. The Morgan fingerprint density at radius 2 is 1.93 bits per heavy atom. The SMILES string of the molecule is O=C(Cn1c(=O)n(Cc2ccccc2)c(=O)c2nscc21)NCc1ccco1. The van der Waals surface area contributed by atoms with Gasteiger partial charge in [0.25, 0.3) is 5.56 Å². The number of carbonyl (C=O) groups is 1. The van der Waals surface area contributed by atoms with Gasteiger partial charge in [0, 0.05) is 5.38 Å². The zero-order valence-electron chi connectivity index (χ0n) is 14.7. The first kappa shape index (κ1) is 17.9. The van der Waals surface area contributed by atoms with Gasteiger partial charge < -0.3 is 9.73 Å². The van der Waals surface area contributed by atoms with E-state index in [0.29, 0.717) is 11.3 Å². The van der Waals surface area contributed by atoms with Gasteiger partial charge in [0.05, 0.1) is 24.9 Å². The molecule has 9 heteroatoms. The van der Waals surface area contributed by atoms with Gasteiger partial charge in [-0.3, -0.25) is 18.7 Å². The fourth-order valence-electron chi connectivity index (χ4n) is 2.89. The van der Waals surface area contributed by atoms with E-state index in [-0.39, 0.29) is 31.1 Å². The first-order chi connectivity index (χ1) is 13.6. The van der Waals surface area contributed by atoms with Crippen LogP contribution in [0.2, 0.25) is 0 Å². The number of nitrogens with one attached hydrogen (secondary N) is 1. The zero-order valence-corrected chi connectivity index (χ0v) is 15.5. The summed E-state index contributed by atoms with van der Waals surface area (Å²) in [6.45, 7) is 0.110. The Morgan fingerprint density at radius 3 is 2.68 bits per heavy atom. The molecule has 0 saturated heterocycles. The number of furan rings is 1. The molecule has 0 aliphatic heterocycles. The second-order valence-electron chi connectivity index (χ2n) is 6.15. The summed E-state index contributed by atoms with van der Waals surface area (Å²) in [6, 6.07) is 12.7. The maximum absolute atomic E-state index is 13.0. The van der Waals surface area contributed by atoms with Crippen LogP contribution in [0.15, 0.2) is 68.1 Å². The second-order valence-corrected chi connectivity index (χ2v) is 6.78. The van der Waals surface area contributed by atoms with E-state index in [1.165, 1.54) is 10.8 Å². The average molecular weight is 396 g/mol. The maximum atomic E-state index is 13.0. The highest BCUT2D eigenvalue weighted by Gasteiger charge is 2.17. The van der Waals surface area contributed by atoms with Crippen molar-refractivity contribution in [2.45, 2.75) is 19.6 Å². The third-order valence-electron chi connectivity index (χ3n) is 4.28. The molecule has 142 valence electrons. The van der Waals surface area contributed by atoms with E-state index >= 15 is 0 Å². The quantitative estimate of drug-likeness (QED) is 0.533. The predicted octanol–water partition coefficient (Wildman–Crippen LogP) is 1.58. The predicted molar refractivity (Wildman–Crippen MR) is 104 cm³/mol. The number of amides is 1. The van der Waals surface area contributed by atoms with Crippen molar-refractivity contribution in [3.63, 3.8) is 0 Å². The number of aromatic nitrogens is 3. The Hall–Kier alpha value is -3.46. The smallest absolute Gasteiger partial charge is 0.332 e. The first-order valence-electron chi connectivity index (χ1n) is 8.54. The van der Waals surface area contributed by atoms with E-state index in [1.54, 1.807) is 17.5 Å². The normalized spacial score (nSPS) is 11.0. The van der Waals surface area contributed by atoms with Crippen molar-refractivity contribution in [2.75, 3.05) is 0 Å². The van der Waals surface area contributed by atoms with E-state index in [4.69, 9.17) is 4.42 Å². The molecular weight excluding hydrogens is 380 g/mol. The minimum atomic E-state index is -0.547. The maximum Gasteiger partial charge on any atom is 0.332 e. The van der Waals surface area contributed by atoms with Crippen LogP contribution in [0.1, 0.15) is 11.3 Å². The summed E-state index contributed by atoms with van der Waals surface area (Å²) in [6.07, 6.45) is 1.52. The second kappa shape index (κ2) is 7.65. The lowest BCUT2D eigenvalue weighted by Gasteiger charge is -2.12. The molecule has 1 amide bonds. The summed E-state index contributed by atoms with van der Waals surface area (Å²) in [5, 5.41) is 4.31.